The van der Waals surface area contributed by atoms with Gasteiger partial charge in [-0.1, -0.05) is 18.2 Å². The molecule has 0 bridgehead atoms. The predicted molar refractivity (Wildman–Crippen MR) is 139 cm³/mol. The second-order valence-corrected chi connectivity index (χ2v) is 10.5. The number of carbonyl (C=O) groups excluding carboxylic acids is 1. The van der Waals surface area contributed by atoms with Gasteiger partial charge < -0.3 is 10.2 Å². The van der Waals surface area contributed by atoms with Gasteiger partial charge in [0.2, 0.25) is 0 Å². The van der Waals surface area contributed by atoms with Gasteiger partial charge in [-0.15, -0.1) is 0 Å². The van der Waals surface area contributed by atoms with Crippen LogP contribution in [0.4, 0.5) is 11.4 Å². The minimum absolute atomic E-state index is 0.0416. The molecule has 0 unspecified atom stereocenters. The topological polar surface area (TPSA) is 44.7 Å². The molecule has 5 heteroatoms. The van der Waals surface area contributed by atoms with E-state index in [0.29, 0.717) is 16.1 Å². The second kappa shape index (κ2) is 8.28. The molecule has 2 aliphatic heterocycles. The summed E-state index contributed by atoms with van der Waals surface area (Å²) < 4.78 is 0. The fourth-order valence-corrected chi connectivity index (χ4v) is 5.58. The van der Waals surface area contributed by atoms with Crippen molar-refractivity contribution in [2.45, 2.75) is 60.0 Å². The summed E-state index contributed by atoms with van der Waals surface area (Å²) in [7, 11) is 0. The van der Waals surface area contributed by atoms with Gasteiger partial charge >= 0.3 is 0 Å². The third-order valence-electron chi connectivity index (χ3n) is 5.95. The van der Waals surface area contributed by atoms with Crippen LogP contribution in [-0.4, -0.2) is 22.7 Å². The molecular weight excluding hydrogens is 414 g/mol. The Hall–Kier alpha value is -2.79. The summed E-state index contributed by atoms with van der Waals surface area (Å²) >= 11 is 1.39. The van der Waals surface area contributed by atoms with Gasteiger partial charge in [-0.2, -0.15) is 0 Å². The fraction of sp³-hybridized carbons (Fsp3) is 0.333. The maximum Gasteiger partial charge on any atom is 0.264 e. The van der Waals surface area contributed by atoms with Gasteiger partial charge in [0.15, 0.2) is 5.17 Å². The number of carbonyl (C=O) groups is 1. The molecule has 32 heavy (non-hydrogen) atoms. The average Bonchev–Trinajstić information content (AvgIpc) is 3.00. The van der Waals surface area contributed by atoms with Crippen molar-refractivity contribution < 1.29 is 4.79 Å². The number of amidine groups is 1. The summed E-state index contributed by atoms with van der Waals surface area (Å²) in [5.74, 6) is -0.101. The smallest absolute Gasteiger partial charge is 0.264 e. The minimum atomic E-state index is -0.101. The Kier molecular flexibility index (Phi) is 5.80. The Balaban J connectivity index is 1.70. The number of rotatable bonds is 3. The summed E-state index contributed by atoms with van der Waals surface area (Å²) in [6, 6.07) is 12.8. The molecule has 4 nitrogen and oxygen atoms in total. The van der Waals surface area contributed by atoms with Crippen molar-refractivity contribution in [2.24, 2.45) is 4.99 Å². The third kappa shape index (κ3) is 4.26. The molecular formula is C27H31N3OS. The number of hydrogen-bond donors (Lipinski definition) is 1. The van der Waals surface area contributed by atoms with E-state index in [-0.39, 0.29) is 11.4 Å². The zero-order valence-corrected chi connectivity index (χ0v) is 20.7. The van der Waals surface area contributed by atoms with E-state index in [1.54, 1.807) is 0 Å². The highest BCUT2D eigenvalue weighted by atomic mass is 32.2. The molecule has 2 aromatic carbocycles. The number of anilines is 1. The number of amides is 1. The molecule has 0 aromatic heterocycles. The fourth-order valence-electron chi connectivity index (χ4n) is 4.75. The molecule has 1 fully saturated rings. The van der Waals surface area contributed by atoms with Crippen LogP contribution in [0.1, 0.15) is 56.9 Å². The van der Waals surface area contributed by atoms with Crippen LogP contribution in [0.25, 0.3) is 11.6 Å². The van der Waals surface area contributed by atoms with Gasteiger partial charge in [-0.25, -0.2) is 4.99 Å². The van der Waals surface area contributed by atoms with Gasteiger partial charge in [0.1, 0.15) is 0 Å². The number of aryl methyl sites for hydroxylation is 2. The summed E-state index contributed by atoms with van der Waals surface area (Å²) in [5.41, 5.74) is 7.92. The minimum Gasteiger partial charge on any atom is -0.360 e. The van der Waals surface area contributed by atoms with Crippen LogP contribution in [0.5, 0.6) is 0 Å². The molecule has 0 spiro atoms. The molecule has 0 aliphatic carbocycles. The molecule has 2 aromatic rings. The first-order valence-electron chi connectivity index (χ1n) is 11.1. The van der Waals surface area contributed by atoms with Gasteiger partial charge in [0.05, 0.1) is 16.1 Å². The second-order valence-electron chi connectivity index (χ2n) is 9.49. The molecule has 0 saturated carbocycles. The van der Waals surface area contributed by atoms with Crippen LogP contribution >= 0.6 is 11.8 Å². The Morgan fingerprint density at radius 1 is 1.12 bits per heavy atom. The zero-order chi connectivity index (χ0) is 23.2. The van der Waals surface area contributed by atoms with Crippen molar-refractivity contribution in [1.29, 1.82) is 0 Å². The first-order chi connectivity index (χ1) is 15.0. The summed E-state index contributed by atoms with van der Waals surface area (Å²) in [6.07, 6.45) is 4.33. The number of hydrogen-bond acceptors (Lipinski definition) is 4. The molecule has 4 rings (SSSR count). The summed E-state index contributed by atoms with van der Waals surface area (Å²) in [4.78, 5) is 20.4. The molecule has 166 valence electrons. The Labute approximate surface area is 195 Å². The van der Waals surface area contributed by atoms with Crippen molar-refractivity contribution in [3.63, 3.8) is 0 Å². The van der Waals surface area contributed by atoms with E-state index >= 15 is 0 Å². The zero-order valence-electron chi connectivity index (χ0n) is 19.9. The quantitative estimate of drug-likeness (QED) is 0.541. The van der Waals surface area contributed by atoms with Crippen LogP contribution in [-0.2, 0) is 4.79 Å². The van der Waals surface area contributed by atoms with Crippen molar-refractivity contribution in [1.82, 2.24) is 5.32 Å². The number of benzene rings is 2. The van der Waals surface area contributed by atoms with E-state index in [9.17, 15) is 4.79 Å². The maximum absolute atomic E-state index is 12.6. The number of aliphatic imine (C=N–C) groups is 1. The van der Waals surface area contributed by atoms with Crippen LogP contribution in [0.3, 0.4) is 0 Å². The van der Waals surface area contributed by atoms with Gasteiger partial charge in [-0.3, -0.25) is 4.79 Å². The highest BCUT2D eigenvalue weighted by molar-refractivity contribution is 8.18. The third-order valence-corrected chi connectivity index (χ3v) is 6.86. The molecule has 1 amide bonds. The standard InChI is InChI=1S/C27H31N3OS/c1-16(2)30-23-12-18(4)20(13-22(23)19(5)15-27(30,6)7)14-24-25(31)29-26(32-24)28-21-10-8-9-17(3)11-21/h8-16H,1-7H3,(H,28,29,31)/b24-14-. The maximum atomic E-state index is 12.6. The van der Waals surface area contributed by atoms with E-state index in [1.807, 2.05) is 37.3 Å². The van der Waals surface area contributed by atoms with E-state index in [1.165, 1.54) is 28.6 Å². The van der Waals surface area contributed by atoms with Crippen LogP contribution in [0, 0.1) is 13.8 Å². The lowest BCUT2D eigenvalue weighted by Crippen LogP contribution is -2.49. The highest BCUT2D eigenvalue weighted by Gasteiger charge is 2.33. The van der Waals surface area contributed by atoms with Crippen LogP contribution < -0.4 is 10.2 Å². The normalized spacial score (nSPS) is 20.1. The average molecular weight is 446 g/mol. The van der Waals surface area contributed by atoms with Crippen LogP contribution in [0.15, 0.2) is 52.4 Å². The summed E-state index contributed by atoms with van der Waals surface area (Å²) in [5, 5.41) is 3.52. The number of nitrogens with one attached hydrogen (secondary N) is 1. The Morgan fingerprint density at radius 3 is 2.56 bits per heavy atom. The lowest BCUT2D eigenvalue weighted by atomic mass is 9.86. The van der Waals surface area contributed by atoms with E-state index in [4.69, 9.17) is 0 Å². The highest BCUT2D eigenvalue weighted by Crippen LogP contribution is 2.42. The Morgan fingerprint density at radius 2 is 1.88 bits per heavy atom. The molecule has 1 saturated heterocycles. The molecule has 0 atom stereocenters. The van der Waals surface area contributed by atoms with Gasteiger partial charge in [-0.05, 0) is 113 Å². The van der Waals surface area contributed by atoms with Crippen molar-refractivity contribution in [2.75, 3.05) is 4.90 Å². The van der Waals surface area contributed by atoms with E-state index < -0.39 is 0 Å². The lowest BCUT2D eigenvalue weighted by Gasteiger charge is -2.46. The first-order valence-corrected chi connectivity index (χ1v) is 11.9. The molecule has 0 radical (unpaired) electrons. The number of nitrogens with zero attached hydrogens (tertiary/aromatic N) is 2. The van der Waals surface area contributed by atoms with Crippen LogP contribution in [0.2, 0.25) is 0 Å². The Bertz CT molecular complexity index is 1190. The van der Waals surface area contributed by atoms with E-state index in [0.717, 1.165) is 22.4 Å². The number of allylic oxidation sites excluding steroid dienone is 1. The first kappa shape index (κ1) is 22.4. The molecule has 1 N–H and O–H groups in total. The SMILES string of the molecule is CC1=CC(C)(C)N(C(C)C)c2cc(C)c(/C=C3\SC(=Nc4cccc(C)c4)NC3=O)cc21. The van der Waals surface area contributed by atoms with Crippen molar-refractivity contribution >= 4 is 45.9 Å². The lowest BCUT2D eigenvalue weighted by molar-refractivity contribution is -0.115. The largest absolute Gasteiger partial charge is 0.360 e. The molecule has 2 aliphatic rings. The van der Waals surface area contributed by atoms with Crippen molar-refractivity contribution in [3.8, 4) is 0 Å². The van der Waals surface area contributed by atoms with E-state index in [2.05, 4.69) is 75.0 Å². The van der Waals surface area contributed by atoms with Gasteiger partial charge in [0.25, 0.3) is 5.91 Å². The summed E-state index contributed by atoms with van der Waals surface area (Å²) in [6.45, 7) is 15.3. The number of fused-ring (bicyclic) bond motifs is 1. The van der Waals surface area contributed by atoms with Gasteiger partial charge in [0, 0.05) is 17.3 Å². The monoisotopic (exact) mass is 445 g/mol. The van der Waals surface area contributed by atoms with Crippen molar-refractivity contribution in [3.05, 3.63) is 69.6 Å². The number of thioether (sulfide) groups is 1. The predicted octanol–water partition coefficient (Wildman–Crippen LogP) is 6.61. The molecule has 2 heterocycles.